The molecule has 0 saturated heterocycles. The molecule has 0 spiro atoms. The predicted molar refractivity (Wildman–Crippen MR) is 104 cm³/mol. The Morgan fingerprint density at radius 2 is 1.97 bits per heavy atom. The van der Waals surface area contributed by atoms with E-state index in [4.69, 9.17) is 42.8 Å². The normalized spacial score (nSPS) is 15.2. The second-order valence-electron chi connectivity index (χ2n) is 5.30. The largest absolute Gasteiger partial charge is 0.434 e. The zero-order valence-electron chi connectivity index (χ0n) is 20.9. The molecule has 0 radical (unpaired) electrons. The number of ether oxygens (including phenoxy) is 1. The third kappa shape index (κ3) is 4.06. The number of halogens is 2. The van der Waals surface area contributed by atoms with E-state index >= 15 is 0 Å². The quantitative estimate of drug-likeness (QED) is 0.629. The molecule has 148 valence electrons. The summed E-state index contributed by atoms with van der Waals surface area (Å²) in [4.78, 5) is 37.8. The summed E-state index contributed by atoms with van der Waals surface area (Å²) in [6, 6.07) is 2.78. The fraction of sp³-hybridized carbons (Fsp3) is 0.176. The van der Waals surface area contributed by atoms with E-state index in [1.165, 1.54) is 6.07 Å². The molecule has 0 aliphatic rings. The molecule has 29 heavy (non-hydrogen) atoms. The number of nitrogens with zero attached hydrogens (tertiary/aromatic N) is 4. The van der Waals surface area contributed by atoms with Crippen molar-refractivity contribution < 1.29 is 14.3 Å². The highest BCUT2D eigenvalue weighted by Crippen LogP contribution is 2.37. The molecule has 0 aliphatic heterocycles. The number of aromatic amines is 2. The number of rotatable bonds is 4. The van der Waals surface area contributed by atoms with E-state index in [0.717, 1.165) is 12.1 Å². The smallest absolute Gasteiger partial charge is 0.349 e. The molecular weight excluding hydrogens is 423 g/mol. The maximum absolute atomic E-state index is 12.3. The monoisotopic (exact) mass is 441 g/mol. The minimum atomic E-state index is -3.18. The summed E-state index contributed by atoms with van der Waals surface area (Å²) >= 11 is 12.4. The molecule has 2 heterocycles. The zero-order valence-corrected chi connectivity index (χ0v) is 15.4. The van der Waals surface area contributed by atoms with Crippen molar-refractivity contribution in [2.24, 2.45) is 0 Å². The van der Waals surface area contributed by atoms with Crippen LogP contribution in [0.4, 0.5) is 0 Å². The van der Waals surface area contributed by atoms with Gasteiger partial charge in [0.2, 0.25) is 11.6 Å². The third-order valence-electron chi connectivity index (χ3n) is 3.39. The van der Waals surface area contributed by atoms with Gasteiger partial charge in [-0.25, -0.2) is 9.89 Å². The number of aromatic nitrogens is 5. The first kappa shape index (κ1) is 12.9. The molecular formula is C17H12Cl2N6O4. The molecule has 1 aromatic carbocycles. The van der Waals surface area contributed by atoms with E-state index in [-0.39, 0.29) is 21.5 Å². The highest BCUT2D eigenvalue weighted by atomic mass is 35.5. The van der Waals surface area contributed by atoms with Crippen molar-refractivity contribution >= 4 is 23.2 Å². The van der Waals surface area contributed by atoms with Crippen molar-refractivity contribution in [3.05, 3.63) is 70.7 Å². The Kier molecular flexibility index (Phi) is 3.52. The summed E-state index contributed by atoms with van der Waals surface area (Å²) in [6.07, 6.45) is 0. The summed E-state index contributed by atoms with van der Waals surface area (Å²) in [5.41, 5.74) is -4.86. The molecule has 2 N–H and O–H groups in total. The standard InChI is InChI=1S/C17H12Cl2N6O4/c1-7(2)9-5-13(22-23-15(9)26)29-14-10(18)3-8(4-11(14)19)25-17(28)21-16(27)12(6-20)24-25/h3-5,7H,1-2H3,(H,23,26)(H,21,27,28)/i1D3,2D3,5D. The summed E-state index contributed by atoms with van der Waals surface area (Å²) in [5.74, 6) is -3.41. The Balaban J connectivity index is 2.13. The third-order valence-corrected chi connectivity index (χ3v) is 3.96. The van der Waals surface area contributed by atoms with Gasteiger partial charge >= 0.3 is 5.69 Å². The highest BCUT2D eigenvalue weighted by Gasteiger charge is 2.16. The van der Waals surface area contributed by atoms with Crippen LogP contribution in [0.1, 0.15) is 40.5 Å². The van der Waals surface area contributed by atoms with Crippen molar-refractivity contribution in [1.29, 1.82) is 5.26 Å². The zero-order chi connectivity index (χ0) is 27.2. The molecule has 2 aromatic heterocycles. The molecule has 0 fully saturated rings. The summed E-state index contributed by atoms with van der Waals surface area (Å²) < 4.78 is 59.6. The minimum Gasteiger partial charge on any atom is -0.434 e. The average Bonchev–Trinajstić information content (AvgIpc) is 2.73. The van der Waals surface area contributed by atoms with Crippen LogP contribution in [0.3, 0.4) is 0 Å². The molecule has 12 heteroatoms. The number of hydrogen-bond acceptors (Lipinski definition) is 7. The van der Waals surface area contributed by atoms with Crippen LogP contribution in [-0.4, -0.2) is 25.0 Å². The number of hydrogen-bond donors (Lipinski definition) is 2. The lowest BCUT2D eigenvalue weighted by atomic mass is 10.1. The van der Waals surface area contributed by atoms with Gasteiger partial charge < -0.3 is 4.74 Å². The Labute approximate surface area is 182 Å². The van der Waals surface area contributed by atoms with E-state index < -0.39 is 59.6 Å². The summed E-state index contributed by atoms with van der Waals surface area (Å²) in [7, 11) is 0. The molecule has 10 nitrogen and oxygen atoms in total. The lowest BCUT2D eigenvalue weighted by Crippen LogP contribution is -2.33. The molecule has 0 unspecified atom stereocenters. The first-order chi connectivity index (χ1) is 16.6. The van der Waals surface area contributed by atoms with Crippen LogP contribution in [0.25, 0.3) is 5.69 Å². The Morgan fingerprint density at radius 3 is 2.59 bits per heavy atom. The van der Waals surface area contributed by atoms with E-state index in [2.05, 4.69) is 10.2 Å². The maximum atomic E-state index is 12.3. The topological polar surface area (TPSA) is 147 Å². The Hall–Kier alpha value is -3.42. The fourth-order valence-electron chi connectivity index (χ4n) is 2.12. The van der Waals surface area contributed by atoms with Gasteiger partial charge in [0.25, 0.3) is 11.1 Å². The van der Waals surface area contributed by atoms with E-state index in [0.29, 0.717) is 4.68 Å². The van der Waals surface area contributed by atoms with Gasteiger partial charge in [0.1, 0.15) is 6.07 Å². The lowest BCUT2D eigenvalue weighted by Gasteiger charge is -2.12. The van der Waals surface area contributed by atoms with Gasteiger partial charge in [-0.3, -0.25) is 14.6 Å². The van der Waals surface area contributed by atoms with Crippen LogP contribution in [0, 0.1) is 11.3 Å². The number of benzene rings is 1. The fourth-order valence-corrected chi connectivity index (χ4v) is 2.68. The highest BCUT2D eigenvalue weighted by molar-refractivity contribution is 6.37. The van der Waals surface area contributed by atoms with Gasteiger partial charge in [0.15, 0.2) is 5.75 Å². The van der Waals surface area contributed by atoms with Gasteiger partial charge in [0, 0.05) is 19.8 Å². The molecule has 0 atom stereocenters. The van der Waals surface area contributed by atoms with Crippen LogP contribution in [0.15, 0.2) is 32.6 Å². The van der Waals surface area contributed by atoms with Crippen LogP contribution in [0.2, 0.25) is 10.0 Å². The molecule has 0 bridgehead atoms. The van der Waals surface area contributed by atoms with Crippen LogP contribution >= 0.6 is 23.2 Å². The molecule has 0 saturated carbocycles. The van der Waals surface area contributed by atoms with E-state index in [9.17, 15) is 14.4 Å². The number of nitrogens with one attached hydrogen (secondary N) is 2. The second kappa shape index (κ2) is 7.90. The molecule has 3 aromatic rings. The Bertz CT molecular complexity index is 1540. The first-order valence-electron chi connectivity index (χ1n) is 11.0. The molecule has 0 aliphatic carbocycles. The van der Waals surface area contributed by atoms with Crippen LogP contribution in [-0.2, 0) is 0 Å². The van der Waals surface area contributed by atoms with Gasteiger partial charge in [-0.05, 0) is 18.1 Å². The second-order valence-corrected chi connectivity index (χ2v) is 6.12. The SMILES string of the molecule is [2H]c1c(Oc2c(Cl)cc(-n3nc(C#N)c(=O)[nH]c3=O)cc2Cl)n[nH]c(=O)c1C(C([2H])([2H])[2H])C([2H])([2H])[2H]. The van der Waals surface area contributed by atoms with Crippen molar-refractivity contribution in [3.63, 3.8) is 0 Å². The summed E-state index contributed by atoms with van der Waals surface area (Å²) in [5, 5.41) is 17.4. The van der Waals surface area contributed by atoms with Crippen molar-refractivity contribution in [2.45, 2.75) is 19.6 Å². The van der Waals surface area contributed by atoms with E-state index in [1.807, 2.05) is 10.1 Å². The molecule has 0 amide bonds. The first-order valence-corrected chi connectivity index (χ1v) is 8.22. The predicted octanol–water partition coefficient (Wildman–Crippen LogP) is 2.10. The van der Waals surface area contributed by atoms with Crippen molar-refractivity contribution in [3.8, 4) is 23.4 Å². The summed E-state index contributed by atoms with van der Waals surface area (Å²) in [6.45, 7) is -6.36. The maximum Gasteiger partial charge on any atom is 0.349 e. The van der Waals surface area contributed by atoms with E-state index in [1.54, 1.807) is 0 Å². The minimum absolute atomic E-state index is 0.0961. The van der Waals surface area contributed by atoms with Crippen LogP contribution < -0.4 is 21.5 Å². The van der Waals surface area contributed by atoms with Crippen LogP contribution in [0.5, 0.6) is 11.6 Å². The lowest BCUT2D eigenvalue weighted by molar-refractivity contribution is 0.452. The Morgan fingerprint density at radius 1 is 1.28 bits per heavy atom. The molecule has 3 rings (SSSR count). The number of H-pyrrole nitrogens is 2. The van der Waals surface area contributed by atoms with Gasteiger partial charge in [-0.2, -0.15) is 9.94 Å². The van der Waals surface area contributed by atoms with Crippen molar-refractivity contribution in [1.82, 2.24) is 25.0 Å². The number of nitriles is 1. The van der Waals surface area contributed by atoms with Gasteiger partial charge in [-0.15, -0.1) is 10.2 Å². The van der Waals surface area contributed by atoms with Gasteiger partial charge in [-0.1, -0.05) is 36.9 Å². The average molecular weight is 442 g/mol. The van der Waals surface area contributed by atoms with Gasteiger partial charge in [0.05, 0.1) is 17.1 Å². The van der Waals surface area contributed by atoms with Crippen molar-refractivity contribution in [2.75, 3.05) is 0 Å².